The van der Waals surface area contributed by atoms with Gasteiger partial charge in [0.25, 0.3) is 0 Å². The Balaban J connectivity index is 1.50. The minimum Gasteiger partial charge on any atom is -0.492 e. The van der Waals surface area contributed by atoms with Crippen LogP contribution in [0.4, 0.5) is 0 Å². The molecular formula is C20H23NO4. The molecule has 5 heteroatoms. The summed E-state index contributed by atoms with van der Waals surface area (Å²) in [6.45, 7) is 1.47. The predicted molar refractivity (Wildman–Crippen MR) is 95.2 cm³/mol. The average Bonchev–Trinajstić information content (AvgIpc) is 2.99. The smallest absolute Gasteiger partial charge is 0.337 e. The maximum absolute atomic E-state index is 11.4. The van der Waals surface area contributed by atoms with Gasteiger partial charge in [-0.1, -0.05) is 18.2 Å². The van der Waals surface area contributed by atoms with Gasteiger partial charge >= 0.3 is 5.97 Å². The molecule has 25 heavy (non-hydrogen) atoms. The number of hydrogen-bond acceptors (Lipinski definition) is 5. The van der Waals surface area contributed by atoms with Crippen molar-refractivity contribution in [3.05, 3.63) is 60.2 Å². The van der Waals surface area contributed by atoms with Crippen LogP contribution in [0.25, 0.3) is 0 Å². The van der Waals surface area contributed by atoms with E-state index in [9.17, 15) is 4.79 Å². The van der Waals surface area contributed by atoms with Crippen LogP contribution in [0, 0.1) is 0 Å². The van der Waals surface area contributed by atoms with E-state index in [0.29, 0.717) is 18.2 Å². The van der Waals surface area contributed by atoms with E-state index in [0.717, 1.165) is 24.5 Å². The quantitative estimate of drug-likeness (QED) is 0.756. The summed E-state index contributed by atoms with van der Waals surface area (Å²) in [5.41, 5.74) is 0.518. The lowest BCUT2D eigenvalue weighted by Gasteiger charge is -2.19. The molecule has 0 saturated carbocycles. The number of carbonyl (C=O) groups excluding carboxylic acids is 1. The second kappa shape index (κ2) is 8.03. The number of methoxy groups -OCH3 is 1. The van der Waals surface area contributed by atoms with Crippen molar-refractivity contribution in [3.63, 3.8) is 0 Å². The molecule has 132 valence electrons. The van der Waals surface area contributed by atoms with Crippen LogP contribution in [0.1, 0.15) is 16.8 Å². The lowest BCUT2D eigenvalue weighted by molar-refractivity contribution is 0.0600. The van der Waals surface area contributed by atoms with Crippen molar-refractivity contribution in [1.29, 1.82) is 0 Å². The molecule has 1 saturated heterocycles. The summed E-state index contributed by atoms with van der Waals surface area (Å²) < 4.78 is 16.6. The highest BCUT2D eigenvalue weighted by Crippen LogP contribution is 2.23. The Hall–Kier alpha value is -2.53. The van der Waals surface area contributed by atoms with Crippen LogP contribution in [0.2, 0.25) is 0 Å². The highest BCUT2D eigenvalue weighted by Gasteiger charge is 2.31. The fourth-order valence-corrected chi connectivity index (χ4v) is 3.00. The van der Waals surface area contributed by atoms with E-state index in [-0.39, 0.29) is 12.1 Å². The van der Waals surface area contributed by atoms with Gasteiger partial charge in [-0.2, -0.15) is 0 Å². The van der Waals surface area contributed by atoms with Gasteiger partial charge in [-0.05, 0) is 43.4 Å². The maximum Gasteiger partial charge on any atom is 0.337 e. The minimum atomic E-state index is -0.344. The van der Waals surface area contributed by atoms with E-state index >= 15 is 0 Å². The summed E-state index contributed by atoms with van der Waals surface area (Å²) in [5, 5.41) is 0. The minimum absolute atomic E-state index is 0.169. The van der Waals surface area contributed by atoms with E-state index in [1.54, 1.807) is 24.3 Å². The van der Waals surface area contributed by atoms with Gasteiger partial charge in [0.05, 0.1) is 12.7 Å². The van der Waals surface area contributed by atoms with E-state index in [4.69, 9.17) is 14.2 Å². The van der Waals surface area contributed by atoms with E-state index in [1.807, 2.05) is 30.3 Å². The monoisotopic (exact) mass is 341 g/mol. The van der Waals surface area contributed by atoms with Crippen molar-refractivity contribution in [1.82, 2.24) is 4.90 Å². The number of para-hydroxylation sites is 1. The summed E-state index contributed by atoms with van der Waals surface area (Å²) in [6, 6.07) is 17.2. The molecule has 0 amide bonds. The van der Waals surface area contributed by atoms with Crippen molar-refractivity contribution >= 4 is 5.97 Å². The number of carbonyl (C=O) groups is 1. The zero-order valence-corrected chi connectivity index (χ0v) is 14.6. The lowest BCUT2D eigenvalue weighted by atomic mass is 10.2. The van der Waals surface area contributed by atoms with Gasteiger partial charge in [-0.25, -0.2) is 4.79 Å². The maximum atomic E-state index is 11.4. The Morgan fingerprint density at radius 1 is 1.08 bits per heavy atom. The SMILES string of the molecule is COC(=O)c1ccc(OC[C@@H]2C[C@H](Oc3ccccc3)CN2C)cc1. The third-order valence-electron chi connectivity index (χ3n) is 4.41. The number of likely N-dealkylation sites (tertiary alicyclic amines) is 1. The fraction of sp³-hybridized carbons (Fsp3) is 0.350. The topological polar surface area (TPSA) is 48.0 Å². The number of rotatable bonds is 6. The van der Waals surface area contributed by atoms with Crippen LogP contribution < -0.4 is 9.47 Å². The van der Waals surface area contributed by atoms with Crippen molar-refractivity contribution in [3.8, 4) is 11.5 Å². The van der Waals surface area contributed by atoms with Crippen LogP contribution >= 0.6 is 0 Å². The van der Waals surface area contributed by atoms with E-state index in [2.05, 4.69) is 11.9 Å². The van der Waals surface area contributed by atoms with Crippen molar-refractivity contribution < 1.29 is 19.0 Å². The van der Waals surface area contributed by atoms with E-state index in [1.165, 1.54) is 7.11 Å². The molecule has 1 heterocycles. The third-order valence-corrected chi connectivity index (χ3v) is 4.41. The highest BCUT2D eigenvalue weighted by molar-refractivity contribution is 5.89. The molecular weight excluding hydrogens is 318 g/mol. The molecule has 0 unspecified atom stereocenters. The second-order valence-corrected chi connectivity index (χ2v) is 6.21. The van der Waals surface area contributed by atoms with E-state index < -0.39 is 0 Å². The summed E-state index contributed by atoms with van der Waals surface area (Å²) in [5.74, 6) is 1.30. The van der Waals surface area contributed by atoms with Gasteiger partial charge in [-0.3, -0.25) is 4.90 Å². The van der Waals surface area contributed by atoms with Gasteiger partial charge < -0.3 is 14.2 Å². The van der Waals surface area contributed by atoms with Crippen LogP contribution in [0.5, 0.6) is 11.5 Å². The molecule has 1 aliphatic rings. The van der Waals surface area contributed by atoms with Crippen molar-refractivity contribution in [2.45, 2.75) is 18.6 Å². The standard InChI is InChI=1S/C20H23NO4/c1-21-13-19(25-18-6-4-3-5-7-18)12-16(21)14-24-17-10-8-15(9-11-17)20(22)23-2/h3-11,16,19H,12-14H2,1-2H3/t16-,19-/m0/s1. The Kier molecular flexibility index (Phi) is 5.56. The molecule has 5 nitrogen and oxygen atoms in total. The number of hydrogen-bond donors (Lipinski definition) is 0. The molecule has 0 spiro atoms. The fourth-order valence-electron chi connectivity index (χ4n) is 3.00. The Labute approximate surface area is 148 Å². The summed E-state index contributed by atoms with van der Waals surface area (Å²) in [4.78, 5) is 13.7. The van der Waals surface area contributed by atoms with Crippen molar-refractivity contribution in [2.75, 3.05) is 27.3 Å². The number of nitrogens with zero attached hydrogens (tertiary/aromatic N) is 1. The average molecular weight is 341 g/mol. The number of benzene rings is 2. The molecule has 1 fully saturated rings. The molecule has 2 aromatic rings. The summed E-state index contributed by atoms with van der Waals surface area (Å²) in [6.07, 6.45) is 1.09. The third kappa shape index (κ3) is 4.51. The first-order chi connectivity index (χ1) is 12.2. The normalized spacial score (nSPS) is 20.2. The van der Waals surface area contributed by atoms with Gasteiger partial charge in [0.15, 0.2) is 0 Å². The summed E-state index contributed by atoms with van der Waals surface area (Å²) >= 11 is 0. The molecule has 0 bridgehead atoms. The molecule has 1 aliphatic heterocycles. The highest BCUT2D eigenvalue weighted by atomic mass is 16.5. The second-order valence-electron chi connectivity index (χ2n) is 6.21. The van der Waals surface area contributed by atoms with Crippen LogP contribution in [0.15, 0.2) is 54.6 Å². The van der Waals surface area contributed by atoms with Gasteiger partial charge in [-0.15, -0.1) is 0 Å². The number of likely N-dealkylation sites (N-methyl/N-ethyl adjacent to an activating group) is 1. The molecule has 2 atom stereocenters. The molecule has 0 N–H and O–H groups in total. The van der Waals surface area contributed by atoms with Crippen LogP contribution in [-0.4, -0.2) is 50.3 Å². The first-order valence-corrected chi connectivity index (χ1v) is 8.39. The molecule has 0 aliphatic carbocycles. The van der Waals surface area contributed by atoms with Crippen molar-refractivity contribution in [2.24, 2.45) is 0 Å². The molecule has 2 aromatic carbocycles. The first kappa shape index (κ1) is 17.3. The van der Waals surface area contributed by atoms with Crippen LogP contribution in [-0.2, 0) is 4.74 Å². The Morgan fingerprint density at radius 3 is 2.48 bits per heavy atom. The molecule has 3 rings (SSSR count). The number of esters is 1. The zero-order chi connectivity index (χ0) is 17.6. The van der Waals surface area contributed by atoms with Gasteiger partial charge in [0.2, 0.25) is 0 Å². The Bertz CT molecular complexity index is 687. The Morgan fingerprint density at radius 2 is 1.80 bits per heavy atom. The van der Waals surface area contributed by atoms with Gasteiger partial charge in [0.1, 0.15) is 24.2 Å². The summed E-state index contributed by atoms with van der Waals surface area (Å²) in [7, 11) is 3.46. The molecule has 0 radical (unpaired) electrons. The predicted octanol–water partition coefficient (Wildman–Crippen LogP) is 3.00. The zero-order valence-electron chi connectivity index (χ0n) is 14.6. The van der Waals surface area contributed by atoms with Gasteiger partial charge in [0, 0.05) is 19.0 Å². The molecule has 0 aromatic heterocycles. The lowest BCUT2D eigenvalue weighted by Crippen LogP contribution is -2.30. The van der Waals surface area contributed by atoms with Crippen LogP contribution in [0.3, 0.4) is 0 Å². The largest absolute Gasteiger partial charge is 0.492 e. The first-order valence-electron chi connectivity index (χ1n) is 8.39. The number of ether oxygens (including phenoxy) is 3.